The summed E-state index contributed by atoms with van der Waals surface area (Å²) in [6.45, 7) is 2.44. The van der Waals surface area contributed by atoms with Gasteiger partial charge in [0, 0.05) is 23.4 Å². The minimum Gasteiger partial charge on any atom is -0.493 e. The van der Waals surface area contributed by atoms with Crippen LogP contribution in [0.1, 0.15) is 28.4 Å². The Labute approximate surface area is 128 Å². The molecule has 4 heteroatoms. The number of aliphatic hydroxyl groups is 1. The molecule has 0 radical (unpaired) electrons. The largest absolute Gasteiger partial charge is 0.493 e. The molecule has 0 bridgehead atoms. The molecule has 1 aliphatic rings. The smallest absolute Gasteiger partial charge is 0.129 e. The molecule has 0 spiro atoms. The van der Waals surface area contributed by atoms with Crippen LogP contribution in [0.4, 0.5) is 4.39 Å². The maximum absolute atomic E-state index is 13.9. The fraction of sp³-hybridized carbons (Fsp3) is 0.294. The molecule has 2 aromatic carbocycles. The first-order valence-corrected chi connectivity index (χ1v) is 7.30. The Balaban J connectivity index is 1.90. The Morgan fingerprint density at radius 3 is 2.90 bits per heavy atom. The normalized spacial score (nSPS) is 14.7. The van der Waals surface area contributed by atoms with E-state index in [0.29, 0.717) is 17.2 Å². The fourth-order valence-electron chi connectivity index (χ4n) is 2.72. The number of benzene rings is 2. The van der Waals surface area contributed by atoms with Crippen molar-refractivity contribution >= 4 is 11.6 Å². The summed E-state index contributed by atoms with van der Waals surface area (Å²) in [6, 6.07) is 8.51. The van der Waals surface area contributed by atoms with Crippen molar-refractivity contribution in [3.8, 4) is 5.75 Å². The number of rotatable bonds is 3. The van der Waals surface area contributed by atoms with Crippen LogP contribution in [-0.2, 0) is 12.8 Å². The van der Waals surface area contributed by atoms with Crippen molar-refractivity contribution in [3.05, 3.63) is 63.4 Å². The number of fused-ring (bicyclic) bond motifs is 1. The number of aryl methyl sites for hydroxylation is 1. The Kier molecular flexibility index (Phi) is 3.87. The Morgan fingerprint density at radius 1 is 1.33 bits per heavy atom. The predicted octanol–water partition coefficient (Wildman–Crippen LogP) is 4.00. The molecule has 1 aliphatic heterocycles. The molecule has 0 saturated heterocycles. The summed E-state index contributed by atoms with van der Waals surface area (Å²) in [5, 5.41) is 10.9. The van der Waals surface area contributed by atoms with Crippen molar-refractivity contribution in [2.75, 3.05) is 6.61 Å². The molecule has 110 valence electrons. The van der Waals surface area contributed by atoms with E-state index in [2.05, 4.69) is 0 Å². The standard InChI is InChI=1S/C17H16ClFO2/c1-10-2-3-14(15(19)6-10)16(20)9-12-8-13(18)7-11-4-5-21-17(11)12/h2-3,6-8,16,20H,4-5,9H2,1H3. The van der Waals surface area contributed by atoms with Crippen LogP contribution in [0, 0.1) is 12.7 Å². The first kappa shape index (κ1) is 14.4. The van der Waals surface area contributed by atoms with Gasteiger partial charge in [-0.05, 0) is 41.8 Å². The van der Waals surface area contributed by atoms with E-state index in [9.17, 15) is 9.50 Å². The predicted molar refractivity (Wildman–Crippen MR) is 80.5 cm³/mol. The summed E-state index contributed by atoms with van der Waals surface area (Å²) < 4.78 is 19.5. The molecule has 0 fully saturated rings. The minimum atomic E-state index is -0.919. The van der Waals surface area contributed by atoms with E-state index in [4.69, 9.17) is 16.3 Å². The summed E-state index contributed by atoms with van der Waals surface area (Å²) in [6.07, 6.45) is 0.179. The molecule has 2 aromatic rings. The van der Waals surface area contributed by atoms with Crippen LogP contribution in [0.15, 0.2) is 30.3 Å². The van der Waals surface area contributed by atoms with Gasteiger partial charge in [0.2, 0.25) is 0 Å². The Morgan fingerprint density at radius 2 is 2.14 bits per heavy atom. The van der Waals surface area contributed by atoms with Crippen LogP contribution < -0.4 is 4.74 Å². The summed E-state index contributed by atoms with van der Waals surface area (Å²) in [4.78, 5) is 0. The average molecular weight is 307 g/mol. The maximum Gasteiger partial charge on any atom is 0.129 e. The van der Waals surface area contributed by atoms with Gasteiger partial charge in [-0.25, -0.2) is 4.39 Å². The van der Waals surface area contributed by atoms with Crippen molar-refractivity contribution in [1.29, 1.82) is 0 Å². The third-order valence-corrected chi connectivity index (χ3v) is 3.97. The number of hydrogen-bond donors (Lipinski definition) is 1. The van der Waals surface area contributed by atoms with E-state index in [-0.39, 0.29) is 12.2 Å². The fourth-order valence-corrected chi connectivity index (χ4v) is 2.98. The zero-order valence-electron chi connectivity index (χ0n) is 11.7. The van der Waals surface area contributed by atoms with Crippen LogP contribution >= 0.6 is 11.6 Å². The molecule has 1 atom stereocenters. The van der Waals surface area contributed by atoms with E-state index in [1.807, 2.05) is 13.0 Å². The van der Waals surface area contributed by atoms with Gasteiger partial charge in [-0.2, -0.15) is 0 Å². The van der Waals surface area contributed by atoms with Gasteiger partial charge in [0.15, 0.2) is 0 Å². The summed E-state index contributed by atoms with van der Waals surface area (Å²) in [5.41, 5.74) is 3.00. The van der Waals surface area contributed by atoms with Gasteiger partial charge in [0.25, 0.3) is 0 Å². The van der Waals surface area contributed by atoms with Gasteiger partial charge >= 0.3 is 0 Å². The van der Waals surface area contributed by atoms with Crippen LogP contribution in [0.25, 0.3) is 0 Å². The van der Waals surface area contributed by atoms with Crippen molar-refractivity contribution in [3.63, 3.8) is 0 Å². The lowest BCUT2D eigenvalue weighted by Crippen LogP contribution is -2.06. The molecule has 0 amide bonds. The highest BCUT2D eigenvalue weighted by Crippen LogP contribution is 2.35. The van der Waals surface area contributed by atoms with Gasteiger partial charge in [-0.3, -0.25) is 0 Å². The molecule has 0 aromatic heterocycles. The third-order valence-electron chi connectivity index (χ3n) is 3.75. The zero-order valence-corrected chi connectivity index (χ0v) is 12.5. The molecule has 1 heterocycles. The lowest BCUT2D eigenvalue weighted by Gasteiger charge is -2.15. The molecule has 21 heavy (non-hydrogen) atoms. The lowest BCUT2D eigenvalue weighted by molar-refractivity contribution is 0.172. The third kappa shape index (κ3) is 2.89. The molecular weight excluding hydrogens is 291 g/mol. The first-order valence-electron chi connectivity index (χ1n) is 6.93. The number of halogens is 2. The van der Waals surface area contributed by atoms with E-state index in [1.54, 1.807) is 18.2 Å². The second kappa shape index (κ2) is 5.66. The zero-order chi connectivity index (χ0) is 15.0. The monoisotopic (exact) mass is 306 g/mol. The highest BCUT2D eigenvalue weighted by atomic mass is 35.5. The van der Waals surface area contributed by atoms with Crippen molar-refractivity contribution in [2.45, 2.75) is 25.9 Å². The van der Waals surface area contributed by atoms with Crippen molar-refractivity contribution in [2.24, 2.45) is 0 Å². The number of aliphatic hydroxyl groups excluding tert-OH is 1. The van der Waals surface area contributed by atoms with Gasteiger partial charge < -0.3 is 9.84 Å². The van der Waals surface area contributed by atoms with Crippen molar-refractivity contribution < 1.29 is 14.2 Å². The molecule has 0 aliphatic carbocycles. The molecule has 1 unspecified atom stereocenters. The Hall–Kier alpha value is -1.58. The highest BCUT2D eigenvalue weighted by molar-refractivity contribution is 6.30. The molecule has 0 saturated carbocycles. The van der Waals surface area contributed by atoms with E-state index in [1.165, 1.54) is 6.07 Å². The quantitative estimate of drug-likeness (QED) is 0.929. The second-order valence-electron chi connectivity index (χ2n) is 5.40. The number of ether oxygens (including phenoxy) is 1. The van der Waals surface area contributed by atoms with Crippen molar-refractivity contribution in [1.82, 2.24) is 0 Å². The summed E-state index contributed by atoms with van der Waals surface area (Å²) >= 11 is 6.10. The van der Waals surface area contributed by atoms with Gasteiger partial charge in [-0.15, -0.1) is 0 Å². The molecular formula is C17H16ClFO2. The average Bonchev–Trinajstić information content (AvgIpc) is 2.86. The van der Waals surface area contributed by atoms with Gasteiger partial charge in [-0.1, -0.05) is 23.7 Å². The van der Waals surface area contributed by atoms with Crippen LogP contribution in [0.2, 0.25) is 5.02 Å². The summed E-state index contributed by atoms with van der Waals surface area (Å²) in [7, 11) is 0. The Bertz CT molecular complexity index is 685. The molecule has 3 rings (SSSR count). The molecule has 2 nitrogen and oxygen atoms in total. The van der Waals surface area contributed by atoms with Gasteiger partial charge in [0.05, 0.1) is 12.7 Å². The van der Waals surface area contributed by atoms with Crippen LogP contribution in [-0.4, -0.2) is 11.7 Å². The molecule has 1 N–H and O–H groups in total. The lowest BCUT2D eigenvalue weighted by atomic mass is 9.98. The van der Waals surface area contributed by atoms with Crippen LogP contribution in [0.3, 0.4) is 0 Å². The minimum absolute atomic E-state index is 0.281. The maximum atomic E-state index is 13.9. The van der Waals surface area contributed by atoms with E-state index < -0.39 is 6.10 Å². The summed E-state index contributed by atoms with van der Waals surface area (Å²) in [5.74, 6) is 0.396. The highest BCUT2D eigenvalue weighted by Gasteiger charge is 2.21. The van der Waals surface area contributed by atoms with Crippen LogP contribution in [0.5, 0.6) is 5.75 Å². The van der Waals surface area contributed by atoms with E-state index >= 15 is 0 Å². The topological polar surface area (TPSA) is 29.5 Å². The van der Waals surface area contributed by atoms with Gasteiger partial charge in [0.1, 0.15) is 11.6 Å². The first-order chi connectivity index (χ1) is 10.0. The second-order valence-corrected chi connectivity index (χ2v) is 5.83. The SMILES string of the molecule is Cc1ccc(C(O)Cc2cc(Cl)cc3c2OCC3)c(F)c1. The van der Waals surface area contributed by atoms with E-state index in [0.717, 1.165) is 28.9 Å². The number of hydrogen-bond acceptors (Lipinski definition) is 2.